The largest absolute Gasteiger partial charge is 0.478 e. The van der Waals surface area contributed by atoms with Crippen LogP contribution in [0.4, 0.5) is 17.1 Å². The zero-order chi connectivity index (χ0) is 21.1. The molecule has 9 nitrogen and oxygen atoms in total. The molecule has 0 atom stereocenters. The zero-order valence-corrected chi connectivity index (χ0v) is 15.6. The standard InChI is InChI=1S/C14H15N3O2.C6H6N2O2/c15-6-8-1-2-9-3-4-17(7-10(9)5-8)12-11(16)13(18)14(12)19;7-5-1-2-8-3-4(5)6(9)10/h1-2,5H,3-4,6-7,15-16H2;1-3H,(H2,7,8)(H,9,10). The first kappa shape index (κ1) is 20.0. The number of hydrogen-bond donors (Lipinski definition) is 4. The number of rotatable bonds is 3. The molecule has 0 spiro atoms. The van der Waals surface area contributed by atoms with Crippen molar-refractivity contribution in [3.63, 3.8) is 0 Å². The maximum absolute atomic E-state index is 11.6. The number of nitrogen functional groups attached to an aromatic ring is 2. The Morgan fingerprint density at radius 2 is 1.90 bits per heavy atom. The lowest BCUT2D eigenvalue weighted by molar-refractivity contribution is 0.0697. The molecule has 0 aliphatic carbocycles. The van der Waals surface area contributed by atoms with Gasteiger partial charge in [0.05, 0.1) is 0 Å². The number of anilines is 3. The Kier molecular flexibility index (Phi) is 5.60. The molecule has 9 heteroatoms. The summed E-state index contributed by atoms with van der Waals surface area (Å²) in [5.41, 5.74) is 19.8. The van der Waals surface area contributed by atoms with Crippen molar-refractivity contribution in [2.75, 3.05) is 22.9 Å². The summed E-state index contributed by atoms with van der Waals surface area (Å²) < 4.78 is 0. The zero-order valence-electron chi connectivity index (χ0n) is 15.6. The van der Waals surface area contributed by atoms with Gasteiger partial charge in [0, 0.05) is 37.7 Å². The average Bonchev–Trinajstić information content (AvgIpc) is 2.73. The highest BCUT2D eigenvalue weighted by atomic mass is 16.4. The SMILES string of the molecule is NCc1ccc2c(c1)CN(c1c(N)c(=O)c1=O)CC2.Nc1ccncc1C(=O)O. The molecule has 7 N–H and O–H groups in total. The van der Waals surface area contributed by atoms with Gasteiger partial charge in [-0.05, 0) is 29.2 Å². The number of carboxylic acids is 1. The van der Waals surface area contributed by atoms with E-state index in [1.807, 2.05) is 11.0 Å². The van der Waals surface area contributed by atoms with E-state index in [2.05, 4.69) is 17.1 Å². The molecule has 0 unspecified atom stereocenters. The molecule has 3 aromatic rings. The van der Waals surface area contributed by atoms with Crippen molar-refractivity contribution in [3.8, 4) is 0 Å². The highest BCUT2D eigenvalue weighted by Gasteiger charge is 2.26. The van der Waals surface area contributed by atoms with E-state index < -0.39 is 16.8 Å². The van der Waals surface area contributed by atoms with Crippen LogP contribution >= 0.6 is 0 Å². The third-order valence-electron chi connectivity index (χ3n) is 4.84. The topological polar surface area (TPSA) is 166 Å². The number of carboxylic acid groups (broad SMARTS) is 1. The minimum Gasteiger partial charge on any atom is -0.478 e. The van der Waals surface area contributed by atoms with Crippen LogP contribution in [0, 0.1) is 0 Å². The molecule has 4 rings (SSSR count). The predicted molar refractivity (Wildman–Crippen MR) is 110 cm³/mol. The number of pyridine rings is 1. The fraction of sp³-hybridized carbons (Fsp3) is 0.200. The predicted octanol–water partition coefficient (Wildman–Crippen LogP) is 0.248. The summed E-state index contributed by atoms with van der Waals surface area (Å²) in [6.07, 6.45) is 3.51. The Hall–Kier alpha value is -3.72. The van der Waals surface area contributed by atoms with Gasteiger partial charge in [-0.25, -0.2) is 4.79 Å². The Bertz CT molecular complexity index is 1130. The van der Waals surface area contributed by atoms with E-state index in [-0.39, 0.29) is 16.9 Å². The minimum absolute atomic E-state index is 0.0440. The summed E-state index contributed by atoms with van der Waals surface area (Å²) in [5, 5.41) is 8.45. The third kappa shape index (κ3) is 3.94. The number of aromatic nitrogens is 1. The van der Waals surface area contributed by atoms with Crippen LogP contribution in [0.3, 0.4) is 0 Å². The van der Waals surface area contributed by atoms with Gasteiger partial charge >= 0.3 is 5.97 Å². The summed E-state index contributed by atoms with van der Waals surface area (Å²) >= 11 is 0. The van der Waals surface area contributed by atoms with Gasteiger partial charge in [0.2, 0.25) is 0 Å². The number of hydrogen-bond acceptors (Lipinski definition) is 8. The summed E-state index contributed by atoms with van der Waals surface area (Å²) in [7, 11) is 0. The molecule has 1 aromatic heterocycles. The highest BCUT2D eigenvalue weighted by molar-refractivity contribution is 5.92. The van der Waals surface area contributed by atoms with Gasteiger partial charge in [-0.1, -0.05) is 18.2 Å². The van der Waals surface area contributed by atoms with Crippen molar-refractivity contribution < 1.29 is 9.90 Å². The molecular formula is C20H21N5O4. The smallest absolute Gasteiger partial charge is 0.339 e. The maximum atomic E-state index is 11.6. The number of carbonyl (C=O) groups is 1. The molecule has 0 saturated carbocycles. The number of nitrogens with two attached hydrogens (primary N) is 3. The van der Waals surface area contributed by atoms with E-state index in [0.29, 0.717) is 25.3 Å². The summed E-state index contributed by atoms with van der Waals surface area (Å²) in [5.74, 6) is -1.05. The molecule has 0 fully saturated rings. The molecule has 29 heavy (non-hydrogen) atoms. The lowest BCUT2D eigenvalue weighted by Crippen LogP contribution is -2.44. The molecule has 0 bridgehead atoms. The van der Waals surface area contributed by atoms with Crippen molar-refractivity contribution >= 4 is 23.0 Å². The second-order valence-corrected chi connectivity index (χ2v) is 6.67. The van der Waals surface area contributed by atoms with E-state index in [9.17, 15) is 14.4 Å². The van der Waals surface area contributed by atoms with E-state index >= 15 is 0 Å². The number of aromatic carboxylic acids is 1. The molecular weight excluding hydrogens is 374 g/mol. The van der Waals surface area contributed by atoms with Gasteiger partial charge in [-0.15, -0.1) is 0 Å². The van der Waals surface area contributed by atoms with Crippen molar-refractivity contribution in [1.29, 1.82) is 0 Å². The fourth-order valence-corrected chi connectivity index (χ4v) is 3.22. The van der Waals surface area contributed by atoms with E-state index in [1.54, 1.807) is 0 Å². The lowest BCUT2D eigenvalue weighted by Gasteiger charge is -2.31. The number of benzene rings is 1. The Morgan fingerprint density at radius 1 is 1.14 bits per heavy atom. The van der Waals surface area contributed by atoms with E-state index in [0.717, 1.165) is 17.5 Å². The average molecular weight is 395 g/mol. The maximum Gasteiger partial charge on any atom is 0.339 e. The minimum atomic E-state index is -1.05. The first-order chi connectivity index (χ1) is 13.8. The summed E-state index contributed by atoms with van der Waals surface area (Å²) in [4.78, 5) is 38.5. The molecule has 1 aliphatic heterocycles. The van der Waals surface area contributed by atoms with Gasteiger partial charge in [0.15, 0.2) is 0 Å². The van der Waals surface area contributed by atoms with Crippen molar-refractivity contribution in [2.24, 2.45) is 5.73 Å². The molecule has 1 aliphatic rings. The fourth-order valence-electron chi connectivity index (χ4n) is 3.22. The number of fused-ring (bicyclic) bond motifs is 1. The van der Waals surface area contributed by atoms with Crippen LogP contribution in [0.1, 0.15) is 27.0 Å². The Balaban J connectivity index is 0.000000204. The van der Waals surface area contributed by atoms with Gasteiger partial charge in [0.25, 0.3) is 10.9 Å². The van der Waals surface area contributed by atoms with Crippen LogP contribution in [0.15, 0.2) is 46.2 Å². The molecule has 0 saturated heterocycles. The quantitative estimate of drug-likeness (QED) is 0.455. The summed E-state index contributed by atoms with van der Waals surface area (Å²) in [6.45, 7) is 1.82. The molecule has 2 heterocycles. The van der Waals surface area contributed by atoms with Gasteiger partial charge in [-0.3, -0.25) is 14.6 Å². The van der Waals surface area contributed by atoms with E-state index in [1.165, 1.54) is 24.0 Å². The second kappa shape index (κ2) is 8.11. The van der Waals surface area contributed by atoms with Gasteiger partial charge in [-0.2, -0.15) is 0 Å². The first-order valence-corrected chi connectivity index (χ1v) is 8.90. The molecule has 0 amide bonds. The van der Waals surface area contributed by atoms with Crippen LogP contribution in [-0.2, 0) is 19.5 Å². The van der Waals surface area contributed by atoms with Gasteiger partial charge in [0.1, 0.15) is 16.9 Å². The van der Waals surface area contributed by atoms with Crippen LogP contribution < -0.4 is 33.0 Å². The van der Waals surface area contributed by atoms with Crippen LogP contribution in [-0.4, -0.2) is 22.6 Å². The monoisotopic (exact) mass is 395 g/mol. The van der Waals surface area contributed by atoms with Crippen molar-refractivity contribution in [2.45, 2.75) is 19.5 Å². The normalized spacial score (nSPS) is 12.8. The number of nitrogens with zero attached hydrogens (tertiary/aromatic N) is 2. The molecule has 2 aromatic carbocycles. The van der Waals surface area contributed by atoms with Gasteiger partial charge < -0.3 is 27.2 Å². The van der Waals surface area contributed by atoms with Crippen LogP contribution in [0.25, 0.3) is 0 Å². The van der Waals surface area contributed by atoms with Crippen molar-refractivity contribution in [1.82, 2.24) is 4.98 Å². The van der Waals surface area contributed by atoms with Crippen molar-refractivity contribution in [3.05, 3.63) is 79.4 Å². The Labute approximate surface area is 166 Å². The van der Waals surface area contributed by atoms with E-state index in [4.69, 9.17) is 22.3 Å². The van der Waals surface area contributed by atoms with Crippen LogP contribution in [0.5, 0.6) is 0 Å². The third-order valence-corrected chi connectivity index (χ3v) is 4.84. The first-order valence-electron chi connectivity index (χ1n) is 8.90. The Morgan fingerprint density at radius 3 is 2.48 bits per heavy atom. The van der Waals surface area contributed by atoms with Crippen LogP contribution in [0.2, 0.25) is 0 Å². The highest BCUT2D eigenvalue weighted by Crippen LogP contribution is 2.26. The molecule has 0 radical (unpaired) electrons. The lowest BCUT2D eigenvalue weighted by atomic mass is 9.96. The molecule has 150 valence electrons. The summed E-state index contributed by atoms with van der Waals surface area (Å²) in [6, 6.07) is 7.62. The second-order valence-electron chi connectivity index (χ2n) is 6.67.